The van der Waals surface area contributed by atoms with Crippen molar-refractivity contribution in [3.8, 4) is 11.3 Å². The molecule has 0 aliphatic rings. The number of rotatable bonds is 1. The van der Waals surface area contributed by atoms with Crippen LogP contribution >= 0.6 is 0 Å². The van der Waals surface area contributed by atoms with E-state index < -0.39 is 0 Å². The third-order valence-electron chi connectivity index (χ3n) is 2.35. The molecule has 0 aliphatic carbocycles. The summed E-state index contributed by atoms with van der Waals surface area (Å²) in [7, 11) is 0. The van der Waals surface area contributed by atoms with Gasteiger partial charge in [0.15, 0.2) is 5.65 Å². The number of nitrogens with zero attached hydrogens (tertiary/aromatic N) is 3. The number of aromatic nitrogens is 3. The smallest absolute Gasteiger partial charge is 0.155 e. The summed E-state index contributed by atoms with van der Waals surface area (Å²) in [6, 6.07) is 5.77. The minimum absolute atomic E-state index is 0.853. The highest BCUT2D eigenvalue weighted by Gasteiger charge is 2.05. The third kappa shape index (κ3) is 2.06. The fourth-order valence-electron chi connectivity index (χ4n) is 1.63. The highest BCUT2D eigenvalue weighted by molar-refractivity contribution is 5.60. The molecule has 3 rings (SSSR count). The minimum Gasteiger partial charge on any atom is -0.472 e. The van der Waals surface area contributed by atoms with E-state index in [0.29, 0.717) is 0 Å². The lowest BCUT2D eigenvalue weighted by Crippen LogP contribution is -1.96. The van der Waals surface area contributed by atoms with Crippen molar-refractivity contribution >= 4 is 5.65 Å². The molecule has 0 radical (unpaired) electrons. The fourth-order valence-corrected chi connectivity index (χ4v) is 1.63. The van der Waals surface area contributed by atoms with E-state index in [1.165, 1.54) is 0 Å². The first-order valence-corrected chi connectivity index (χ1v) is 5.68. The Bertz CT molecular complexity index is 596. The molecule has 0 aliphatic heterocycles. The maximum absolute atomic E-state index is 5.04. The van der Waals surface area contributed by atoms with Crippen LogP contribution in [0.2, 0.25) is 0 Å². The average molecular weight is 229 g/mol. The molecule has 0 bridgehead atoms. The van der Waals surface area contributed by atoms with Crippen molar-refractivity contribution < 1.29 is 4.42 Å². The van der Waals surface area contributed by atoms with Crippen LogP contribution in [-0.4, -0.2) is 14.6 Å². The monoisotopic (exact) mass is 229 g/mol. The number of furan rings is 1. The van der Waals surface area contributed by atoms with Crippen molar-refractivity contribution in [3.63, 3.8) is 0 Å². The molecule has 0 N–H and O–H groups in total. The minimum atomic E-state index is 0.853. The number of hydrogen-bond donors (Lipinski definition) is 0. The van der Waals surface area contributed by atoms with Crippen LogP contribution < -0.4 is 0 Å². The summed E-state index contributed by atoms with van der Waals surface area (Å²) < 4.78 is 6.85. The summed E-state index contributed by atoms with van der Waals surface area (Å²) >= 11 is 0. The van der Waals surface area contributed by atoms with Gasteiger partial charge in [-0.05, 0) is 19.1 Å². The number of hydrogen-bond acceptors (Lipinski definition) is 3. The van der Waals surface area contributed by atoms with Gasteiger partial charge in [0.05, 0.1) is 24.4 Å². The van der Waals surface area contributed by atoms with Crippen LogP contribution in [0.15, 0.2) is 41.3 Å². The van der Waals surface area contributed by atoms with Gasteiger partial charge in [0.1, 0.15) is 0 Å². The molecule has 0 unspecified atom stereocenters. The summed E-state index contributed by atoms with van der Waals surface area (Å²) in [6.45, 7) is 6.01. The largest absolute Gasteiger partial charge is 0.472 e. The van der Waals surface area contributed by atoms with Crippen molar-refractivity contribution in [2.45, 2.75) is 20.8 Å². The highest BCUT2D eigenvalue weighted by atomic mass is 16.3. The molecule has 4 heteroatoms. The van der Waals surface area contributed by atoms with E-state index in [9.17, 15) is 0 Å². The van der Waals surface area contributed by atoms with Crippen molar-refractivity contribution in [2.24, 2.45) is 0 Å². The second kappa shape index (κ2) is 4.82. The van der Waals surface area contributed by atoms with E-state index in [0.717, 1.165) is 22.6 Å². The first-order chi connectivity index (χ1) is 8.34. The maximum Gasteiger partial charge on any atom is 0.155 e. The van der Waals surface area contributed by atoms with E-state index in [4.69, 9.17) is 4.42 Å². The van der Waals surface area contributed by atoms with Crippen LogP contribution in [0.25, 0.3) is 16.9 Å². The summed E-state index contributed by atoms with van der Waals surface area (Å²) in [5.74, 6) is 0. The van der Waals surface area contributed by atoms with Crippen molar-refractivity contribution in [1.82, 2.24) is 14.6 Å². The van der Waals surface area contributed by atoms with E-state index in [2.05, 4.69) is 10.1 Å². The molecule has 0 saturated carbocycles. The highest BCUT2D eigenvalue weighted by Crippen LogP contribution is 2.19. The Morgan fingerprint density at radius 3 is 2.76 bits per heavy atom. The van der Waals surface area contributed by atoms with E-state index >= 15 is 0 Å². The second-order valence-corrected chi connectivity index (χ2v) is 3.40. The van der Waals surface area contributed by atoms with Crippen LogP contribution in [0.5, 0.6) is 0 Å². The molecule has 3 aromatic rings. The molecule has 4 nitrogen and oxygen atoms in total. The Hall–Kier alpha value is -2.10. The molecular weight excluding hydrogens is 214 g/mol. The molecule has 0 aromatic carbocycles. The summed E-state index contributed by atoms with van der Waals surface area (Å²) in [4.78, 5) is 4.48. The Morgan fingerprint density at radius 1 is 1.24 bits per heavy atom. The molecule has 0 saturated heterocycles. The molecule has 17 heavy (non-hydrogen) atoms. The summed E-state index contributed by atoms with van der Waals surface area (Å²) in [5, 5.41) is 4.17. The predicted molar refractivity (Wildman–Crippen MR) is 66.8 cm³/mol. The Kier molecular flexibility index (Phi) is 3.23. The van der Waals surface area contributed by atoms with Gasteiger partial charge in [0.25, 0.3) is 0 Å². The quantitative estimate of drug-likeness (QED) is 0.642. The summed E-state index contributed by atoms with van der Waals surface area (Å²) in [5.41, 5.74) is 3.81. The molecule has 88 valence electrons. The van der Waals surface area contributed by atoms with Crippen LogP contribution in [0.4, 0.5) is 0 Å². The van der Waals surface area contributed by atoms with Gasteiger partial charge in [-0.25, -0.2) is 9.50 Å². The third-order valence-corrected chi connectivity index (χ3v) is 2.35. The molecule has 3 heterocycles. The lowest BCUT2D eigenvalue weighted by Gasteiger charge is -2.01. The molecule has 0 atom stereocenters. The van der Waals surface area contributed by atoms with Crippen LogP contribution in [0.1, 0.15) is 19.5 Å². The zero-order valence-electron chi connectivity index (χ0n) is 10.2. The fraction of sp³-hybridized carbons (Fsp3) is 0.231. The second-order valence-electron chi connectivity index (χ2n) is 3.40. The van der Waals surface area contributed by atoms with Crippen LogP contribution in [0, 0.1) is 6.92 Å². The number of aryl methyl sites for hydroxylation is 1. The molecule has 3 aromatic heterocycles. The maximum atomic E-state index is 5.04. The van der Waals surface area contributed by atoms with Crippen LogP contribution in [-0.2, 0) is 0 Å². The SMILES string of the molecule is CC.Cc1cc(-c2ccoc2)nc2ccnn12. The zero-order valence-corrected chi connectivity index (χ0v) is 10.2. The van der Waals surface area contributed by atoms with Gasteiger partial charge >= 0.3 is 0 Å². The first-order valence-electron chi connectivity index (χ1n) is 5.68. The first kappa shape index (κ1) is 11.4. The molecule has 0 spiro atoms. The molecule has 0 fully saturated rings. The van der Waals surface area contributed by atoms with Gasteiger partial charge in [-0.1, -0.05) is 13.8 Å². The number of fused-ring (bicyclic) bond motifs is 1. The van der Waals surface area contributed by atoms with Gasteiger partial charge in [-0.3, -0.25) is 0 Å². The van der Waals surface area contributed by atoms with Gasteiger partial charge in [0, 0.05) is 17.3 Å². The van der Waals surface area contributed by atoms with E-state index in [1.807, 2.05) is 43.5 Å². The molecular formula is C13H15N3O. The van der Waals surface area contributed by atoms with Gasteiger partial charge in [0.2, 0.25) is 0 Å². The lowest BCUT2D eigenvalue weighted by molar-refractivity contribution is 0.568. The van der Waals surface area contributed by atoms with Crippen molar-refractivity contribution in [2.75, 3.05) is 0 Å². The Labute approximate surface area is 99.9 Å². The Balaban J connectivity index is 0.000000514. The van der Waals surface area contributed by atoms with Crippen molar-refractivity contribution in [1.29, 1.82) is 0 Å². The van der Waals surface area contributed by atoms with Gasteiger partial charge < -0.3 is 4.42 Å². The standard InChI is InChI=1S/C11H9N3O.C2H6/c1-8-6-10(9-3-5-15-7-9)13-11-2-4-12-14(8)11;1-2/h2-7H,1H3;1-2H3. The predicted octanol–water partition coefficient (Wildman–Crippen LogP) is 3.32. The van der Waals surface area contributed by atoms with Crippen molar-refractivity contribution in [3.05, 3.63) is 42.6 Å². The van der Waals surface area contributed by atoms with Gasteiger partial charge in [-0.15, -0.1) is 0 Å². The summed E-state index contributed by atoms with van der Waals surface area (Å²) in [6.07, 6.45) is 5.08. The zero-order chi connectivity index (χ0) is 12.3. The van der Waals surface area contributed by atoms with Gasteiger partial charge in [-0.2, -0.15) is 5.10 Å². The normalized spacial score (nSPS) is 10.1. The topological polar surface area (TPSA) is 43.3 Å². The lowest BCUT2D eigenvalue weighted by atomic mass is 10.2. The van der Waals surface area contributed by atoms with E-state index in [1.54, 1.807) is 18.7 Å². The van der Waals surface area contributed by atoms with Crippen LogP contribution in [0.3, 0.4) is 0 Å². The van der Waals surface area contributed by atoms with E-state index in [-0.39, 0.29) is 0 Å². The average Bonchev–Trinajstić information content (AvgIpc) is 3.02. The Morgan fingerprint density at radius 2 is 2.06 bits per heavy atom. The molecule has 0 amide bonds.